The predicted octanol–water partition coefficient (Wildman–Crippen LogP) is 2.02. The molecule has 0 aliphatic heterocycles. The molecule has 1 atom stereocenters. The Morgan fingerprint density at radius 3 is 2.78 bits per heavy atom. The van der Waals surface area contributed by atoms with Crippen molar-refractivity contribution in [1.29, 1.82) is 0 Å². The fraction of sp³-hybridized carbons (Fsp3) is 0.385. The monoisotopic (exact) mass is 249 g/mol. The van der Waals surface area contributed by atoms with Crippen LogP contribution in [0.4, 0.5) is 4.39 Å². The van der Waals surface area contributed by atoms with Crippen LogP contribution in [0.2, 0.25) is 0 Å². The van der Waals surface area contributed by atoms with Gasteiger partial charge in [0.15, 0.2) is 0 Å². The third-order valence-electron chi connectivity index (χ3n) is 3.16. The Hall–Kier alpha value is -1.75. The average Bonchev–Trinajstić information content (AvgIpc) is 2.81. The molecule has 0 fully saturated rings. The topological polar surface area (TPSA) is 50.9 Å². The maximum Gasteiger partial charge on any atom is 0.137 e. The van der Waals surface area contributed by atoms with E-state index in [0.29, 0.717) is 13.0 Å². The Morgan fingerprint density at radius 1 is 1.44 bits per heavy atom. The number of rotatable bonds is 4. The van der Waals surface area contributed by atoms with Gasteiger partial charge in [0.25, 0.3) is 0 Å². The van der Waals surface area contributed by atoms with Gasteiger partial charge >= 0.3 is 0 Å². The molecule has 2 rings (SSSR count). The van der Waals surface area contributed by atoms with E-state index < -0.39 is 5.60 Å². The lowest BCUT2D eigenvalue weighted by atomic mass is 9.88. The largest absolute Gasteiger partial charge is 0.383 e. The molecular formula is C13H16FN3O. The Labute approximate surface area is 105 Å². The number of halogens is 1. The van der Waals surface area contributed by atoms with Crippen LogP contribution in [-0.4, -0.2) is 19.9 Å². The van der Waals surface area contributed by atoms with Crippen LogP contribution in [0.3, 0.4) is 0 Å². The molecule has 96 valence electrons. The van der Waals surface area contributed by atoms with Gasteiger partial charge in [0.1, 0.15) is 24.1 Å². The van der Waals surface area contributed by atoms with Gasteiger partial charge in [0, 0.05) is 0 Å². The third-order valence-corrected chi connectivity index (χ3v) is 3.16. The normalized spacial score (nSPS) is 14.4. The molecule has 5 heteroatoms. The molecule has 0 saturated carbocycles. The van der Waals surface area contributed by atoms with Gasteiger partial charge in [0.2, 0.25) is 0 Å². The summed E-state index contributed by atoms with van der Waals surface area (Å²) in [6.07, 6.45) is 3.49. The second kappa shape index (κ2) is 4.86. The number of benzene rings is 1. The highest BCUT2D eigenvalue weighted by Crippen LogP contribution is 2.29. The van der Waals surface area contributed by atoms with Crippen molar-refractivity contribution >= 4 is 0 Å². The molecule has 1 N–H and O–H groups in total. The number of aromatic nitrogens is 3. The highest BCUT2D eigenvalue weighted by atomic mass is 19.1. The van der Waals surface area contributed by atoms with E-state index in [0.717, 1.165) is 11.1 Å². The number of hydrogen-bond donors (Lipinski definition) is 1. The molecule has 0 radical (unpaired) electrons. The molecular weight excluding hydrogens is 233 g/mol. The van der Waals surface area contributed by atoms with E-state index >= 15 is 0 Å². The maximum atomic E-state index is 13.1. The molecule has 2 aromatic rings. The minimum Gasteiger partial charge on any atom is -0.383 e. The van der Waals surface area contributed by atoms with Gasteiger partial charge in [-0.3, -0.25) is 0 Å². The summed E-state index contributed by atoms with van der Waals surface area (Å²) in [6.45, 7) is 3.98. The molecule has 1 unspecified atom stereocenters. The molecule has 1 aromatic heterocycles. The fourth-order valence-corrected chi connectivity index (χ4v) is 2.12. The summed E-state index contributed by atoms with van der Waals surface area (Å²) in [5.41, 5.74) is 0.396. The number of aliphatic hydroxyl groups is 1. The summed E-state index contributed by atoms with van der Waals surface area (Å²) in [4.78, 5) is 3.85. The van der Waals surface area contributed by atoms with E-state index in [4.69, 9.17) is 0 Å². The summed E-state index contributed by atoms with van der Waals surface area (Å²) < 4.78 is 14.7. The summed E-state index contributed by atoms with van der Waals surface area (Å²) in [6, 6.07) is 4.42. The van der Waals surface area contributed by atoms with Crippen LogP contribution in [-0.2, 0) is 12.1 Å². The van der Waals surface area contributed by atoms with Gasteiger partial charge in [-0.15, -0.1) is 0 Å². The lowest BCUT2D eigenvalue weighted by Crippen LogP contribution is -2.31. The predicted molar refractivity (Wildman–Crippen MR) is 65.3 cm³/mol. The Morgan fingerprint density at radius 2 is 2.22 bits per heavy atom. The van der Waals surface area contributed by atoms with Gasteiger partial charge in [-0.1, -0.05) is 13.0 Å². The molecule has 0 saturated heterocycles. The molecule has 0 spiro atoms. The first-order valence-corrected chi connectivity index (χ1v) is 5.86. The summed E-state index contributed by atoms with van der Waals surface area (Å²) in [7, 11) is 0. The zero-order valence-corrected chi connectivity index (χ0v) is 10.5. The minimum absolute atomic E-state index is 0.296. The Bertz CT molecular complexity index is 527. The maximum absolute atomic E-state index is 13.1. The zero-order chi connectivity index (χ0) is 13.2. The molecule has 4 nitrogen and oxygen atoms in total. The van der Waals surface area contributed by atoms with Gasteiger partial charge in [-0.05, 0) is 36.6 Å². The van der Waals surface area contributed by atoms with Crippen LogP contribution < -0.4 is 0 Å². The molecule has 0 amide bonds. The van der Waals surface area contributed by atoms with Crippen molar-refractivity contribution in [2.45, 2.75) is 32.4 Å². The van der Waals surface area contributed by atoms with E-state index in [1.807, 2.05) is 6.92 Å². The Kier molecular flexibility index (Phi) is 3.43. The standard InChI is InChI=1S/C13H16FN3O/c1-3-13(18,7-17-9-15-8-16-17)12-5-4-11(14)6-10(12)2/h4-6,8-9,18H,3,7H2,1-2H3. The molecule has 0 aliphatic rings. The lowest BCUT2D eigenvalue weighted by Gasteiger charge is -2.28. The van der Waals surface area contributed by atoms with Gasteiger partial charge in [0.05, 0.1) is 6.54 Å². The van der Waals surface area contributed by atoms with Crippen LogP contribution in [0, 0.1) is 12.7 Å². The zero-order valence-electron chi connectivity index (χ0n) is 10.5. The fourth-order valence-electron chi connectivity index (χ4n) is 2.12. The quantitative estimate of drug-likeness (QED) is 0.902. The number of nitrogens with zero attached hydrogens (tertiary/aromatic N) is 3. The molecule has 18 heavy (non-hydrogen) atoms. The smallest absolute Gasteiger partial charge is 0.137 e. The summed E-state index contributed by atoms with van der Waals surface area (Å²) in [5.74, 6) is -0.296. The van der Waals surface area contributed by atoms with Gasteiger partial charge in [-0.25, -0.2) is 14.1 Å². The second-order valence-corrected chi connectivity index (χ2v) is 4.44. The van der Waals surface area contributed by atoms with Crippen molar-refractivity contribution < 1.29 is 9.50 Å². The van der Waals surface area contributed by atoms with E-state index in [2.05, 4.69) is 10.1 Å². The first kappa shape index (κ1) is 12.7. The van der Waals surface area contributed by atoms with Crippen LogP contribution in [0.5, 0.6) is 0 Å². The van der Waals surface area contributed by atoms with E-state index in [1.165, 1.54) is 18.5 Å². The van der Waals surface area contributed by atoms with E-state index in [1.54, 1.807) is 24.0 Å². The van der Waals surface area contributed by atoms with Crippen molar-refractivity contribution in [3.63, 3.8) is 0 Å². The first-order chi connectivity index (χ1) is 8.55. The summed E-state index contributed by atoms with van der Waals surface area (Å²) >= 11 is 0. The van der Waals surface area contributed by atoms with Crippen LogP contribution in [0.25, 0.3) is 0 Å². The lowest BCUT2D eigenvalue weighted by molar-refractivity contribution is 0.0103. The molecule has 1 aromatic carbocycles. The SMILES string of the molecule is CCC(O)(Cn1cncn1)c1ccc(F)cc1C. The van der Waals surface area contributed by atoms with Crippen molar-refractivity contribution in [3.8, 4) is 0 Å². The second-order valence-electron chi connectivity index (χ2n) is 4.44. The van der Waals surface area contributed by atoms with Crippen molar-refractivity contribution in [1.82, 2.24) is 14.8 Å². The van der Waals surface area contributed by atoms with Gasteiger partial charge in [-0.2, -0.15) is 5.10 Å². The molecule has 0 bridgehead atoms. The van der Waals surface area contributed by atoms with E-state index in [-0.39, 0.29) is 5.82 Å². The van der Waals surface area contributed by atoms with Crippen LogP contribution in [0.15, 0.2) is 30.9 Å². The van der Waals surface area contributed by atoms with E-state index in [9.17, 15) is 9.50 Å². The van der Waals surface area contributed by atoms with Crippen molar-refractivity contribution in [2.24, 2.45) is 0 Å². The van der Waals surface area contributed by atoms with Crippen molar-refractivity contribution in [3.05, 3.63) is 47.8 Å². The highest BCUT2D eigenvalue weighted by Gasteiger charge is 2.29. The molecule has 0 aliphatic carbocycles. The highest BCUT2D eigenvalue weighted by molar-refractivity contribution is 5.31. The number of aryl methyl sites for hydroxylation is 1. The van der Waals surface area contributed by atoms with Crippen molar-refractivity contribution in [2.75, 3.05) is 0 Å². The average molecular weight is 249 g/mol. The summed E-state index contributed by atoms with van der Waals surface area (Å²) in [5, 5.41) is 14.7. The molecule has 1 heterocycles. The number of hydrogen-bond acceptors (Lipinski definition) is 3. The van der Waals surface area contributed by atoms with Gasteiger partial charge < -0.3 is 5.11 Å². The first-order valence-electron chi connectivity index (χ1n) is 5.86. The minimum atomic E-state index is -1.06. The van der Waals surface area contributed by atoms with Crippen LogP contribution in [0.1, 0.15) is 24.5 Å². The van der Waals surface area contributed by atoms with Crippen LogP contribution >= 0.6 is 0 Å². The Balaban J connectivity index is 2.36. The third kappa shape index (κ3) is 2.41.